The van der Waals surface area contributed by atoms with Crippen LogP contribution in [0.2, 0.25) is 0 Å². The first-order chi connectivity index (χ1) is 24.0. The van der Waals surface area contributed by atoms with Gasteiger partial charge in [-0.2, -0.15) is 0 Å². The van der Waals surface area contributed by atoms with Crippen LogP contribution in [-0.2, 0) is 18.9 Å². The lowest BCUT2D eigenvalue weighted by atomic mass is 9.89. The van der Waals surface area contributed by atoms with Crippen LogP contribution in [0.5, 0.6) is 5.75 Å². The highest BCUT2D eigenvalue weighted by atomic mass is 16.7. The molecule has 0 bridgehead atoms. The molecule has 0 fully saturated rings. The van der Waals surface area contributed by atoms with Crippen molar-refractivity contribution in [2.75, 3.05) is 32.9 Å². The number of nitro groups is 1. The molecule has 0 spiro atoms. The number of hydrogen-bond acceptors (Lipinski definition) is 12. The zero-order chi connectivity index (χ0) is 36.0. The Morgan fingerprint density at radius 2 is 1.54 bits per heavy atom. The molecule has 2 atom stereocenters. The number of carbonyl (C=O) groups is 2. The number of rotatable bonds is 17. The number of allylic oxidation sites excluding steroid dienone is 2. The van der Waals surface area contributed by atoms with E-state index in [9.17, 15) is 24.8 Å². The molecule has 268 valence electrons. The number of nitrogens with one attached hydrogen (secondary N) is 2. The fourth-order valence-corrected chi connectivity index (χ4v) is 5.40. The number of carbonyl (C=O) groups excluding carboxylic acids is 2. The Morgan fingerprint density at radius 1 is 0.880 bits per heavy atom. The van der Waals surface area contributed by atoms with Gasteiger partial charge in [0.05, 0.1) is 29.5 Å². The van der Waals surface area contributed by atoms with Gasteiger partial charge in [0, 0.05) is 23.6 Å². The van der Waals surface area contributed by atoms with Crippen LogP contribution >= 0.6 is 0 Å². The summed E-state index contributed by atoms with van der Waals surface area (Å²) in [5.74, 6) is -0.338. The largest absolute Gasteiger partial charge is 0.513 e. The van der Waals surface area contributed by atoms with E-state index in [0.29, 0.717) is 30.9 Å². The van der Waals surface area contributed by atoms with Gasteiger partial charge in [0.2, 0.25) is 0 Å². The number of benzene rings is 3. The van der Waals surface area contributed by atoms with Crippen LogP contribution < -0.4 is 15.4 Å². The Bertz CT molecular complexity index is 1700. The van der Waals surface area contributed by atoms with E-state index >= 15 is 0 Å². The maximum Gasteiger partial charge on any atom is 0.513 e. The molecule has 0 saturated carbocycles. The number of fused-ring (bicyclic) bond motifs is 1. The van der Waals surface area contributed by atoms with E-state index in [4.69, 9.17) is 23.7 Å². The molecule has 3 aromatic carbocycles. The summed E-state index contributed by atoms with van der Waals surface area (Å²) in [5, 5.41) is 30.6. The van der Waals surface area contributed by atoms with Crippen LogP contribution in [-0.4, -0.2) is 61.4 Å². The van der Waals surface area contributed by atoms with Crippen molar-refractivity contribution in [2.24, 2.45) is 5.92 Å². The number of dihydropyridines is 1. The van der Waals surface area contributed by atoms with Crippen molar-refractivity contribution in [3.05, 3.63) is 105 Å². The summed E-state index contributed by atoms with van der Waals surface area (Å²) in [4.78, 5) is 36.8. The number of para-hydroxylation sites is 1. The number of aliphatic hydroxyl groups excluding tert-OH is 1. The molecule has 0 amide bonds. The summed E-state index contributed by atoms with van der Waals surface area (Å²) in [6.07, 6.45) is -0.598. The standard InChI is InChI=1S/C37H45N3O10/c1-24(2)22-48-37(43)50-35-26(4)39-25(3)34(33(35)30-16-8-9-17-31(30)40(44)45)49-36(42)46-20-11-5-10-19-38-21-28(41)23-47-32-18-12-14-27-13-6-7-15-29(27)32/h6-9,12-18,24,28,33,38-39,41H,5,10-11,19-23H2,1-4H3. The highest BCUT2D eigenvalue weighted by molar-refractivity contribution is 5.88. The zero-order valence-electron chi connectivity index (χ0n) is 28.8. The minimum atomic E-state index is -1.11. The van der Waals surface area contributed by atoms with Crippen LogP contribution in [0, 0.1) is 16.0 Å². The Kier molecular flexibility index (Phi) is 14.0. The van der Waals surface area contributed by atoms with E-state index < -0.39 is 29.3 Å². The van der Waals surface area contributed by atoms with Gasteiger partial charge in [0.1, 0.15) is 35.9 Å². The number of nitrogens with zero attached hydrogens (tertiary/aromatic N) is 1. The fourth-order valence-electron chi connectivity index (χ4n) is 5.40. The molecule has 1 heterocycles. The van der Waals surface area contributed by atoms with Crippen LogP contribution in [0.15, 0.2) is 89.6 Å². The summed E-state index contributed by atoms with van der Waals surface area (Å²) in [5.41, 5.74) is 0.696. The van der Waals surface area contributed by atoms with Gasteiger partial charge in [0.25, 0.3) is 5.69 Å². The molecule has 13 nitrogen and oxygen atoms in total. The Labute approximate surface area is 291 Å². The molecule has 1 aliphatic rings. The predicted molar refractivity (Wildman–Crippen MR) is 186 cm³/mol. The van der Waals surface area contributed by atoms with Crippen molar-refractivity contribution >= 4 is 28.8 Å². The van der Waals surface area contributed by atoms with Crippen molar-refractivity contribution < 1.29 is 43.3 Å². The molecule has 13 heteroatoms. The van der Waals surface area contributed by atoms with E-state index in [0.717, 1.165) is 29.4 Å². The number of nitro benzene ring substituents is 1. The van der Waals surface area contributed by atoms with Gasteiger partial charge < -0.3 is 39.4 Å². The van der Waals surface area contributed by atoms with E-state index in [1.807, 2.05) is 56.3 Å². The highest BCUT2D eigenvalue weighted by Crippen LogP contribution is 2.42. The average Bonchev–Trinajstić information content (AvgIpc) is 3.09. The SMILES string of the molecule is CC1=C(OC(=O)OCCCCCNCC(O)COc2cccc3ccccc23)C(c2ccccc2[N+](=O)[O-])C(OC(=O)OCC(C)C)=C(C)N1. The monoisotopic (exact) mass is 691 g/mol. The Hall–Kier alpha value is -5.14. The molecule has 2 unspecified atom stereocenters. The van der Waals surface area contributed by atoms with Gasteiger partial charge >= 0.3 is 12.3 Å². The van der Waals surface area contributed by atoms with Gasteiger partial charge in [-0.05, 0) is 57.0 Å². The summed E-state index contributed by atoms with van der Waals surface area (Å²) in [6.45, 7) is 8.39. The molecule has 50 heavy (non-hydrogen) atoms. The Morgan fingerprint density at radius 3 is 2.26 bits per heavy atom. The second-order valence-electron chi connectivity index (χ2n) is 12.3. The molecular formula is C37H45N3O10. The molecule has 3 N–H and O–H groups in total. The first-order valence-corrected chi connectivity index (χ1v) is 16.7. The molecule has 0 saturated heterocycles. The molecule has 0 aromatic heterocycles. The lowest BCUT2D eigenvalue weighted by Crippen LogP contribution is -2.32. The Balaban J connectivity index is 1.24. The van der Waals surface area contributed by atoms with E-state index in [2.05, 4.69) is 10.6 Å². The number of ether oxygens (including phenoxy) is 5. The predicted octanol–water partition coefficient (Wildman–Crippen LogP) is 7.06. The summed E-state index contributed by atoms with van der Waals surface area (Å²) >= 11 is 0. The van der Waals surface area contributed by atoms with E-state index in [1.54, 1.807) is 19.9 Å². The second kappa shape index (κ2) is 18.6. The number of unbranched alkanes of at least 4 members (excludes halogenated alkanes) is 2. The first-order valence-electron chi connectivity index (χ1n) is 16.7. The van der Waals surface area contributed by atoms with Gasteiger partial charge in [-0.15, -0.1) is 0 Å². The van der Waals surface area contributed by atoms with Gasteiger partial charge in [-0.25, -0.2) is 9.59 Å². The van der Waals surface area contributed by atoms with E-state index in [-0.39, 0.29) is 48.5 Å². The normalized spacial score (nSPS) is 15.0. The third-order valence-electron chi connectivity index (χ3n) is 7.78. The molecule has 0 aliphatic carbocycles. The van der Waals surface area contributed by atoms with Crippen molar-refractivity contribution in [2.45, 2.75) is 59.0 Å². The first kappa shape index (κ1) is 37.7. The van der Waals surface area contributed by atoms with Crippen LogP contribution in [0.4, 0.5) is 15.3 Å². The van der Waals surface area contributed by atoms with Crippen LogP contribution in [0.25, 0.3) is 10.8 Å². The van der Waals surface area contributed by atoms with Gasteiger partial charge in [-0.3, -0.25) is 10.1 Å². The van der Waals surface area contributed by atoms with Crippen molar-refractivity contribution in [1.29, 1.82) is 0 Å². The smallest absolute Gasteiger partial charge is 0.490 e. The van der Waals surface area contributed by atoms with Crippen molar-refractivity contribution in [1.82, 2.24) is 10.6 Å². The van der Waals surface area contributed by atoms with E-state index in [1.165, 1.54) is 18.2 Å². The zero-order valence-corrected chi connectivity index (χ0v) is 28.8. The summed E-state index contributed by atoms with van der Waals surface area (Å²) in [7, 11) is 0. The van der Waals surface area contributed by atoms with Crippen molar-refractivity contribution in [3.63, 3.8) is 0 Å². The lowest BCUT2D eigenvalue weighted by molar-refractivity contribution is -0.385. The molecule has 3 aromatic rings. The fraction of sp³-hybridized carbons (Fsp3) is 0.405. The summed E-state index contributed by atoms with van der Waals surface area (Å²) < 4.78 is 27.6. The third kappa shape index (κ3) is 10.7. The number of hydrogen-bond donors (Lipinski definition) is 3. The quantitative estimate of drug-likeness (QED) is 0.0571. The molecule has 4 rings (SSSR count). The minimum absolute atomic E-state index is 0.000743. The third-order valence-corrected chi connectivity index (χ3v) is 7.78. The van der Waals surface area contributed by atoms with Gasteiger partial charge in [0.15, 0.2) is 0 Å². The minimum Gasteiger partial charge on any atom is -0.490 e. The lowest BCUT2D eigenvalue weighted by Gasteiger charge is -2.30. The summed E-state index contributed by atoms with van der Waals surface area (Å²) in [6, 6.07) is 19.7. The molecular weight excluding hydrogens is 646 g/mol. The van der Waals surface area contributed by atoms with Crippen LogP contribution in [0.1, 0.15) is 58.4 Å². The average molecular weight is 692 g/mol. The van der Waals surface area contributed by atoms with Gasteiger partial charge in [-0.1, -0.05) is 68.4 Å². The van der Waals surface area contributed by atoms with Crippen molar-refractivity contribution in [3.8, 4) is 5.75 Å². The molecule has 0 radical (unpaired) electrons. The maximum absolute atomic E-state index is 12.8. The second-order valence-corrected chi connectivity index (χ2v) is 12.3. The topological polar surface area (TPSA) is 168 Å². The maximum atomic E-state index is 12.8. The number of aliphatic hydroxyl groups is 1. The van der Waals surface area contributed by atoms with Crippen LogP contribution in [0.3, 0.4) is 0 Å². The molecule has 1 aliphatic heterocycles. The highest BCUT2D eigenvalue weighted by Gasteiger charge is 2.39.